The predicted octanol–water partition coefficient (Wildman–Crippen LogP) is 2.02. The van der Waals surface area contributed by atoms with E-state index in [1.165, 1.54) is 0 Å². The fraction of sp³-hybridized carbons (Fsp3) is 0.286. The molecule has 0 aliphatic rings. The van der Waals surface area contributed by atoms with Crippen LogP contribution in [-0.4, -0.2) is 21.3 Å². The van der Waals surface area contributed by atoms with Gasteiger partial charge in [0.15, 0.2) is 5.65 Å². The van der Waals surface area contributed by atoms with Crippen molar-refractivity contribution in [2.75, 3.05) is 17.6 Å². The van der Waals surface area contributed by atoms with E-state index in [0.29, 0.717) is 12.2 Å². The lowest BCUT2D eigenvalue weighted by molar-refractivity contribution is 0.646. The molecular formula is C14H17N5. The topological polar surface area (TPSA) is 68.8 Å². The second-order valence-corrected chi connectivity index (χ2v) is 4.04. The van der Waals surface area contributed by atoms with E-state index in [-0.39, 0.29) is 0 Å². The van der Waals surface area contributed by atoms with Crippen LogP contribution in [-0.2, 0) is 6.54 Å². The van der Waals surface area contributed by atoms with Gasteiger partial charge in [0.2, 0.25) is 0 Å². The number of pyridine rings is 1. The second-order valence-electron chi connectivity index (χ2n) is 4.04. The van der Waals surface area contributed by atoms with E-state index >= 15 is 0 Å². The Balaban J connectivity index is 2.31. The molecule has 0 aliphatic heterocycles. The van der Waals surface area contributed by atoms with Crippen LogP contribution >= 0.6 is 0 Å². The number of anilines is 2. The van der Waals surface area contributed by atoms with Crippen LogP contribution in [0.1, 0.15) is 13.3 Å². The minimum Gasteiger partial charge on any atom is -0.396 e. The molecule has 2 rings (SSSR count). The summed E-state index contributed by atoms with van der Waals surface area (Å²) in [5, 5.41) is 8.32. The summed E-state index contributed by atoms with van der Waals surface area (Å²) < 4.78 is 1.83. The Morgan fingerprint density at radius 3 is 3.11 bits per heavy atom. The lowest BCUT2D eigenvalue weighted by Crippen LogP contribution is -2.04. The molecule has 0 amide bonds. The number of nitrogen functional groups attached to an aromatic ring is 1. The van der Waals surface area contributed by atoms with Crippen molar-refractivity contribution in [3.05, 3.63) is 25.0 Å². The summed E-state index contributed by atoms with van der Waals surface area (Å²) in [7, 11) is 0. The maximum absolute atomic E-state index is 6.11. The smallest absolute Gasteiger partial charge is 0.159 e. The SMILES string of the molecule is C=CCNc1cnc2c(cnn2CCC#CC)c1N. The minimum absolute atomic E-state index is 0.650. The van der Waals surface area contributed by atoms with E-state index in [0.717, 1.165) is 29.7 Å². The molecule has 19 heavy (non-hydrogen) atoms. The molecule has 2 aromatic heterocycles. The van der Waals surface area contributed by atoms with Crippen molar-refractivity contribution in [1.82, 2.24) is 14.8 Å². The van der Waals surface area contributed by atoms with E-state index in [1.807, 2.05) is 11.6 Å². The first kappa shape index (κ1) is 13.0. The summed E-state index contributed by atoms with van der Waals surface area (Å²) in [5.41, 5.74) is 8.37. The number of nitrogens with zero attached hydrogens (tertiary/aromatic N) is 3. The Bertz CT molecular complexity index is 645. The van der Waals surface area contributed by atoms with Crippen molar-refractivity contribution >= 4 is 22.4 Å². The molecule has 0 aliphatic carbocycles. The Morgan fingerprint density at radius 2 is 2.37 bits per heavy atom. The Labute approximate surface area is 112 Å². The van der Waals surface area contributed by atoms with Crippen LogP contribution in [0, 0.1) is 11.8 Å². The number of fused-ring (bicyclic) bond motifs is 1. The van der Waals surface area contributed by atoms with Crippen LogP contribution in [0.2, 0.25) is 0 Å². The zero-order valence-electron chi connectivity index (χ0n) is 11.0. The number of hydrogen-bond donors (Lipinski definition) is 2. The summed E-state index contributed by atoms with van der Waals surface area (Å²) in [5.74, 6) is 5.88. The molecule has 0 saturated heterocycles. The molecule has 0 unspecified atom stereocenters. The monoisotopic (exact) mass is 255 g/mol. The third kappa shape index (κ3) is 2.68. The molecule has 0 atom stereocenters. The van der Waals surface area contributed by atoms with E-state index < -0.39 is 0 Å². The summed E-state index contributed by atoms with van der Waals surface area (Å²) in [6, 6.07) is 0. The van der Waals surface area contributed by atoms with Gasteiger partial charge in [0.1, 0.15) is 0 Å². The van der Waals surface area contributed by atoms with Crippen LogP contribution in [0.5, 0.6) is 0 Å². The van der Waals surface area contributed by atoms with Crippen molar-refractivity contribution < 1.29 is 0 Å². The number of rotatable bonds is 5. The molecule has 0 bridgehead atoms. The summed E-state index contributed by atoms with van der Waals surface area (Å²) in [4.78, 5) is 4.41. The van der Waals surface area contributed by atoms with Gasteiger partial charge in [-0.25, -0.2) is 9.67 Å². The molecular weight excluding hydrogens is 238 g/mol. The maximum Gasteiger partial charge on any atom is 0.159 e. The lowest BCUT2D eigenvalue weighted by atomic mass is 10.2. The number of nitrogens with two attached hydrogens (primary N) is 1. The second kappa shape index (κ2) is 5.91. The molecule has 2 aromatic rings. The van der Waals surface area contributed by atoms with Gasteiger partial charge >= 0.3 is 0 Å². The van der Waals surface area contributed by atoms with Gasteiger partial charge in [-0.1, -0.05) is 6.08 Å². The first-order valence-corrected chi connectivity index (χ1v) is 6.12. The highest BCUT2D eigenvalue weighted by molar-refractivity contribution is 5.94. The van der Waals surface area contributed by atoms with Crippen molar-refractivity contribution in [3.8, 4) is 11.8 Å². The normalized spacial score (nSPS) is 9.95. The van der Waals surface area contributed by atoms with Crippen LogP contribution in [0.25, 0.3) is 11.0 Å². The van der Waals surface area contributed by atoms with Crippen molar-refractivity contribution in [2.24, 2.45) is 0 Å². The van der Waals surface area contributed by atoms with Crippen molar-refractivity contribution in [1.29, 1.82) is 0 Å². The number of aryl methyl sites for hydroxylation is 1. The van der Waals surface area contributed by atoms with Gasteiger partial charge in [-0.3, -0.25) is 0 Å². The van der Waals surface area contributed by atoms with E-state index in [2.05, 4.69) is 33.8 Å². The van der Waals surface area contributed by atoms with Gasteiger partial charge in [-0.2, -0.15) is 5.10 Å². The van der Waals surface area contributed by atoms with Gasteiger partial charge in [-0.05, 0) is 6.92 Å². The fourth-order valence-electron chi connectivity index (χ4n) is 1.82. The van der Waals surface area contributed by atoms with Gasteiger partial charge in [0, 0.05) is 13.0 Å². The Morgan fingerprint density at radius 1 is 1.53 bits per heavy atom. The molecule has 5 heteroatoms. The first-order valence-electron chi connectivity index (χ1n) is 6.12. The maximum atomic E-state index is 6.11. The molecule has 0 fully saturated rings. The molecule has 2 heterocycles. The van der Waals surface area contributed by atoms with Gasteiger partial charge < -0.3 is 11.1 Å². The summed E-state index contributed by atoms with van der Waals surface area (Å²) in [6.07, 6.45) is 6.00. The molecule has 0 aromatic carbocycles. The third-order valence-corrected chi connectivity index (χ3v) is 2.77. The molecule has 0 saturated carbocycles. The van der Waals surface area contributed by atoms with Crippen LogP contribution in [0.15, 0.2) is 25.0 Å². The van der Waals surface area contributed by atoms with Crippen LogP contribution in [0.4, 0.5) is 11.4 Å². The minimum atomic E-state index is 0.650. The zero-order chi connectivity index (χ0) is 13.7. The highest BCUT2D eigenvalue weighted by Gasteiger charge is 2.09. The molecule has 3 N–H and O–H groups in total. The highest BCUT2D eigenvalue weighted by Crippen LogP contribution is 2.26. The molecule has 5 nitrogen and oxygen atoms in total. The number of nitrogens with one attached hydrogen (secondary N) is 1. The standard InChI is InChI=1S/C14H17N5/c1-3-5-6-8-19-14-11(9-18-19)13(15)12(10-17-14)16-7-4-2/h4,9-10,16H,2,6-8H2,1H3,(H2,15,17). The summed E-state index contributed by atoms with van der Waals surface area (Å²) >= 11 is 0. The molecule has 0 spiro atoms. The van der Waals surface area contributed by atoms with E-state index in [4.69, 9.17) is 5.73 Å². The Hall–Kier alpha value is -2.48. The van der Waals surface area contributed by atoms with Crippen molar-refractivity contribution in [2.45, 2.75) is 19.9 Å². The first-order chi connectivity index (χ1) is 9.27. The number of aromatic nitrogens is 3. The van der Waals surface area contributed by atoms with Crippen LogP contribution < -0.4 is 11.1 Å². The zero-order valence-corrected chi connectivity index (χ0v) is 11.0. The number of hydrogen-bond acceptors (Lipinski definition) is 4. The fourth-order valence-corrected chi connectivity index (χ4v) is 1.82. The summed E-state index contributed by atoms with van der Waals surface area (Å²) in [6.45, 7) is 6.86. The Kier molecular flexibility index (Phi) is 4.04. The third-order valence-electron chi connectivity index (χ3n) is 2.77. The quantitative estimate of drug-likeness (QED) is 0.633. The van der Waals surface area contributed by atoms with Crippen molar-refractivity contribution in [3.63, 3.8) is 0 Å². The highest BCUT2D eigenvalue weighted by atomic mass is 15.3. The average molecular weight is 255 g/mol. The average Bonchev–Trinajstić information content (AvgIpc) is 2.83. The van der Waals surface area contributed by atoms with Crippen LogP contribution in [0.3, 0.4) is 0 Å². The van der Waals surface area contributed by atoms with Gasteiger partial charge in [0.25, 0.3) is 0 Å². The van der Waals surface area contributed by atoms with E-state index in [9.17, 15) is 0 Å². The lowest BCUT2D eigenvalue weighted by Gasteiger charge is -2.07. The van der Waals surface area contributed by atoms with Gasteiger partial charge in [-0.15, -0.1) is 18.4 Å². The van der Waals surface area contributed by atoms with Gasteiger partial charge in [0.05, 0.1) is 35.7 Å². The predicted molar refractivity (Wildman–Crippen MR) is 78.7 cm³/mol. The molecule has 0 radical (unpaired) electrons. The van der Waals surface area contributed by atoms with E-state index in [1.54, 1.807) is 18.5 Å². The molecule has 98 valence electrons. The largest absolute Gasteiger partial charge is 0.396 e.